The van der Waals surface area contributed by atoms with Gasteiger partial charge in [-0.05, 0) is 47.6 Å². The van der Waals surface area contributed by atoms with Crippen LogP contribution in [0, 0.1) is 0 Å². The van der Waals surface area contributed by atoms with E-state index in [-0.39, 0.29) is 6.04 Å². The van der Waals surface area contributed by atoms with Crippen LogP contribution in [-0.4, -0.2) is 7.11 Å². The van der Waals surface area contributed by atoms with E-state index in [1.165, 1.54) is 30.4 Å². The van der Waals surface area contributed by atoms with Crippen LogP contribution in [-0.2, 0) is 0 Å². The molecule has 3 N–H and O–H groups in total. The van der Waals surface area contributed by atoms with Crippen molar-refractivity contribution < 1.29 is 4.74 Å². The standard InChI is InChI=1S/C18H22N2O/c1-21-17-11-9-16(10-12-17)18(20-19)15-7-5-14(6-8-15)13-3-2-4-13/h5-13,18,20H,2-4,19H2,1H3. The van der Waals surface area contributed by atoms with Gasteiger partial charge in [0.1, 0.15) is 5.75 Å². The average Bonchev–Trinajstić information content (AvgIpc) is 2.49. The lowest BCUT2D eigenvalue weighted by atomic mass is 9.79. The molecule has 21 heavy (non-hydrogen) atoms. The smallest absolute Gasteiger partial charge is 0.118 e. The van der Waals surface area contributed by atoms with E-state index in [9.17, 15) is 0 Å². The SMILES string of the molecule is COc1ccc(C(NN)c2ccc(C3CCC3)cc2)cc1. The van der Waals surface area contributed by atoms with Crippen LogP contribution in [0.15, 0.2) is 48.5 Å². The summed E-state index contributed by atoms with van der Waals surface area (Å²) in [4.78, 5) is 0. The largest absolute Gasteiger partial charge is 0.497 e. The van der Waals surface area contributed by atoms with Crippen LogP contribution in [0.25, 0.3) is 0 Å². The molecule has 0 heterocycles. The second-order valence-corrected chi connectivity index (χ2v) is 5.67. The first-order valence-electron chi connectivity index (χ1n) is 7.51. The third-order valence-electron chi connectivity index (χ3n) is 4.46. The van der Waals surface area contributed by atoms with Gasteiger partial charge < -0.3 is 4.74 Å². The van der Waals surface area contributed by atoms with Crippen LogP contribution < -0.4 is 16.0 Å². The van der Waals surface area contributed by atoms with Crippen molar-refractivity contribution in [3.63, 3.8) is 0 Å². The molecule has 3 heteroatoms. The fourth-order valence-electron chi connectivity index (χ4n) is 2.88. The molecule has 0 amide bonds. The molecule has 1 fully saturated rings. The second kappa shape index (κ2) is 6.29. The Morgan fingerprint density at radius 1 is 1.00 bits per heavy atom. The van der Waals surface area contributed by atoms with Gasteiger partial charge in [0.05, 0.1) is 13.2 Å². The maximum atomic E-state index is 5.76. The van der Waals surface area contributed by atoms with Crippen LogP contribution in [0.5, 0.6) is 5.75 Å². The van der Waals surface area contributed by atoms with E-state index in [0.717, 1.165) is 17.2 Å². The molecule has 0 bridgehead atoms. The molecule has 1 aliphatic carbocycles. The molecule has 0 saturated heterocycles. The van der Waals surface area contributed by atoms with Gasteiger partial charge in [-0.1, -0.05) is 42.8 Å². The molecule has 0 aromatic heterocycles. The first-order valence-corrected chi connectivity index (χ1v) is 7.51. The third-order valence-corrected chi connectivity index (χ3v) is 4.46. The molecule has 2 aromatic rings. The van der Waals surface area contributed by atoms with Gasteiger partial charge in [-0.2, -0.15) is 0 Å². The normalized spacial score (nSPS) is 16.3. The molecule has 1 atom stereocenters. The fraction of sp³-hybridized carbons (Fsp3) is 0.333. The highest BCUT2D eigenvalue weighted by Crippen LogP contribution is 2.36. The van der Waals surface area contributed by atoms with E-state index in [4.69, 9.17) is 10.6 Å². The van der Waals surface area contributed by atoms with Gasteiger partial charge in [0.15, 0.2) is 0 Å². The highest BCUT2D eigenvalue weighted by Gasteiger charge is 2.20. The monoisotopic (exact) mass is 282 g/mol. The zero-order valence-corrected chi connectivity index (χ0v) is 12.4. The predicted octanol–water partition coefficient (Wildman–Crippen LogP) is 3.52. The molecule has 0 radical (unpaired) electrons. The highest BCUT2D eigenvalue weighted by atomic mass is 16.5. The number of nitrogens with one attached hydrogen (secondary N) is 1. The number of hydrazine groups is 1. The van der Waals surface area contributed by atoms with Gasteiger partial charge in [0.2, 0.25) is 0 Å². The second-order valence-electron chi connectivity index (χ2n) is 5.67. The maximum absolute atomic E-state index is 5.76. The zero-order valence-electron chi connectivity index (χ0n) is 12.4. The van der Waals surface area contributed by atoms with E-state index in [1.807, 2.05) is 24.3 Å². The molecule has 2 aromatic carbocycles. The summed E-state index contributed by atoms with van der Waals surface area (Å²) in [5.41, 5.74) is 6.68. The van der Waals surface area contributed by atoms with Gasteiger partial charge in [0, 0.05) is 0 Å². The van der Waals surface area contributed by atoms with Crippen molar-refractivity contribution in [3.05, 3.63) is 65.2 Å². The predicted molar refractivity (Wildman–Crippen MR) is 85.2 cm³/mol. The van der Waals surface area contributed by atoms with Crippen molar-refractivity contribution in [2.45, 2.75) is 31.2 Å². The van der Waals surface area contributed by atoms with Crippen LogP contribution in [0.3, 0.4) is 0 Å². The minimum Gasteiger partial charge on any atom is -0.497 e. The Morgan fingerprint density at radius 2 is 1.57 bits per heavy atom. The van der Waals surface area contributed by atoms with Gasteiger partial charge in [-0.25, -0.2) is 5.43 Å². The average molecular weight is 282 g/mol. The molecule has 3 rings (SSSR count). The van der Waals surface area contributed by atoms with Gasteiger partial charge in [-0.3, -0.25) is 5.84 Å². The first kappa shape index (κ1) is 14.1. The van der Waals surface area contributed by atoms with E-state index < -0.39 is 0 Å². The summed E-state index contributed by atoms with van der Waals surface area (Å²) < 4.78 is 5.20. The molecule has 1 saturated carbocycles. The zero-order chi connectivity index (χ0) is 14.7. The number of benzene rings is 2. The van der Waals surface area contributed by atoms with Gasteiger partial charge in [-0.15, -0.1) is 0 Å². The number of methoxy groups -OCH3 is 1. The summed E-state index contributed by atoms with van der Waals surface area (Å²) in [6.45, 7) is 0. The Morgan fingerprint density at radius 3 is 2.00 bits per heavy atom. The lowest BCUT2D eigenvalue weighted by Gasteiger charge is -2.26. The van der Waals surface area contributed by atoms with Crippen molar-refractivity contribution in [1.29, 1.82) is 0 Å². The summed E-state index contributed by atoms with van der Waals surface area (Å²) >= 11 is 0. The van der Waals surface area contributed by atoms with E-state index in [0.29, 0.717) is 0 Å². The Bertz CT molecular complexity index is 573. The number of rotatable bonds is 5. The molecular weight excluding hydrogens is 260 g/mol. The van der Waals surface area contributed by atoms with Crippen molar-refractivity contribution in [1.82, 2.24) is 5.43 Å². The van der Waals surface area contributed by atoms with Crippen LogP contribution in [0.1, 0.15) is 47.9 Å². The summed E-state index contributed by atoms with van der Waals surface area (Å²) in [6, 6.07) is 16.9. The fourth-order valence-corrected chi connectivity index (χ4v) is 2.88. The van der Waals surface area contributed by atoms with Crippen molar-refractivity contribution >= 4 is 0 Å². The first-order chi connectivity index (χ1) is 10.3. The summed E-state index contributed by atoms with van der Waals surface area (Å²) in [5, 5.41) is 0. The molecule has 110 valence electrons. The van der Waals surface area contributed by atoms with Gasteiger partial charge in [0.25, 0.3) is 0 Å². The van der Waals surface area contributed by atoms with Gasteiger partial charge >= 0.3 is 0 Å². The third kappa shape index (κ3) is 2.94. The topological polar surface area (TPSA) is 47.3 Å². The molecule has 1 unspecified atom stereocenters. The molecule has 0 aliphatic heterocycles. The number of hydrogen-bond donors (Lipinski definition) is 2. The Labute approximate surface area is 126 Å². The summed E-state index contributed by atoms with van der Waals surface area (Å²) in [6.07, 6.45) is 4.03. The minimum absolute atomic E-state index is 0.00588. The summed E-state index contributed by atoms with van der Waals surface area (Å²) in [5.74, 6) is 7.39. The summed E-state index contributed by atoms with van der Waals surface area (Å²) in [7, 11) is 1.67. The lowest BCUT2D eigenvalue weighted by molar-refractivity contribution is 0.414. The Balaban J connectivity index is 1.81. The number of hydrogen-bond acceptors (Lipinski definition) is 3. The number of nitrogens with two attached hydrogens (primary N) is 1. The lowest BCUT2D eigenvalue weighted by Crippen LogP contribution is -2.28. The molecular formula is C18H22N2O. The quantitative estimate of drug-likeness (QED) is 0.651. The molecule has 1 aliphatic rings. The Hall–Kier alpha value is -1.84. The highest BCUT2D eigenvalue weighted by molar-refractivity contribution is 5.37. The number of ether oxygens (including phenoxy) is 1. The van der Waals surface area contributed by atoms with Crippen LogP contribution in [0.4, 0.5) is 0 Å². The van der Waals surface area contributed by atoms with Crippen LogP contribution >= 0.6 is 0 Å². The van der Waals surface area contributed by atoms with E-state index in [2.05, 4.69) is 29.7 Å². The van der Waals surface area contributed by atoms with Crippen LogP contribution in [0.2, 0.25) is 0 Å². The van der Waals surface area contributed by atoms with Crippen molar-refractivity contribution in [2.24, 2.45) is 5.84 Å². The Kier molecular flexibility index (Phi) is 4.23. The van der Waals surface area contributed by atoms with E-state index in [1.54, 1.807) is 7.11 Å². The molecule has 3 nitrogen and oxygen atoms in total. The van der Waals surface area contributed by atoms with Crippen molar-refractivity contribution in [3.8, 4) is 5.75 Å². The maximum Gasteiger partial charge on any atom is 0.118 e. The minimum atomic E-state index is 0.00588. The van der Waals surface area contributed by atoms with E-state index >= 15 is 0 Å². The molecule has 0 spiro atoms. The van der Waals surface area contributed by atoms with Crippen molar-refractivity contribution in [2.75, 3.05) is 7.11 Å².